The number of para-hydroxylation sites is 1. The summed E-state index contributed by atoms with van der Waals surface area (Å²) in [5.41, 5.74) is 7.92. The summed E-state index contributed by atoms with van der Waals surface area (Å²) in [5, 5.41) is 2.06. The summed E-state index contributed by atoms with van der Waals surface area (Å²) in [4.78, 5) is 4.68. The van der Waals surface area contributed by atoms with Crippen LogP contribution in [-0.4, -0.2) is 4.98 Å². The minimum absolute atomic E-state index is 0.820. The fourth-order valence-electron chi connectivity index (χ4n) is 4.65. The summed E-state index contributed by atoms with van der Waals surface area (Å²) in [6, 6.07) is 37.0. The molecule has 2 nitrogen and oxygen atoms in total. The molecule has 0 fully saturated rings. The molecule has 0 radical (unpaired) electrons. The maximum atomic E-state index is 9.10. The lowest BCUT2D eigenvalue weighted by molar-refractivity contribution is 0.669. The molecule has 1 unspecified atom stereocenters. The van der Waals surface area contributed by atoms with Gasteiger partial charge in [0.15, 0.2) is 0 Å². The molecule has 0 saturated heterocycles. The number of benzene rings is 4. The average molecular weight is 441 g/mol. The number of rotatable bonds is 5. The Morgan fingerprint density at radius 1 is 0.735 bits per heavy atom. The Balaban J connectivity index is 1.44. The molecule has 4 aromatic carbocycles. The molecule has 2 heterocycles. The lowest BCUT2D eigenvalue weighted by Gasteiger charge is -2.12. The van der Waals surface area contributed by atoms with Crippen LogP contribution < -0.4 is 0 Å². The van der Waals surface area contributed by atoms with Crippen LogP contribution in [0.2, 0.25) is 0 Å². The van der Waals surface area contributed by atoms with E-state index in [1.165, 1.54) is 11.1 Å². The van der Waals surface area contributed by atoms with Gasteiger partial charge in [0.25, 0.3) is 0 Å². The van der Waals surface area contributed by atoms with Crippen molar-refractivity contribution in [2.75, 3.05) is 0 Å². The van der Waals surface area contributed by atoms with Crippen LogP contribution in [-0.2, 0) is 6.42 Å². The first kappa shape index (κ1) is 19.3. The van der Waals surface area contributed by atoms with Crippen molar-refractivity contribution in [1.82, 2.24) is 4.98 Å². The molecule has 0 aliphatic heterocycles. The van der Waals surface area contributed by atoms with E-state index in [2.05, 4.69) is 65.6 Å². The molecule has 0 aliphatic rings. The number of hydrogen-bond donors (Lipinski definition) is 0. The Morgan fingerprint density at radius 2 is 1.53 bits per heavy atom. The van der Waals surface area contributed by atoms with Gasteiger partial charge in [-0.1, -0.05) is 85.8 Å². The lowest BCUT2D eigenvalue weighted by Crippen LogP contribution is -1.95. The quantitative estimate of drug-likeness (QED) is 0.269. The van der Waals surface area contributed by atoms with Crippen molar-refractivity contribution in [3.8, 4) is 11.3 Å². The van der Waals surface area contributed by atoms with E-state index < -0.39 is 5.89 Å². The molecule has 1 atom stereocenters. The van der Waals surface area contributed by atoms with E-state index in [9.17, 15) is 0 Å². The maximum absolute atomic E-state index is 9.10. The molecule has 0 spiro atoms. The summed E-state index contributed by atoms with van der Waals surface area (Å²) in [5.74, 6) is -0.857. The molecule has 0 N–H and O–H groups in total. The third kappa shape index (κ3) is 3.78. The standard InChI is InChI=1S/C32H25NO/c1-22(25-11-6-3-7-12-25)26-15-16-31-29(21-26)27-13-8-14-28(32(27)34-31)30-20-24(17-18-33-30)19-23-9-4-2-5-10-23/h2-18,20-22H,19H2,1H3/i22D. The molecule has 0 saturated carbocycles. The zero-order valence-electron chi connectivity index (χ0n) is 20.0. The lowest BCUT2D eigenvalue weighted by atomic mass is 9.92. The van der Waals surface area contributed by atoms with Crippen LogP contribution in [0.4, 0.5) is 0 Å². The van der Waals surface area contributed by atoms with Crippen molar-refractivity contribution in [2.24, 2.45) is 0 Å². The van der Waals surface area contributed by atoms with E-state index in [0.29, 0.717) is 0 Å². The molecule has 0 aliphatic carbocycles. The van der Waals surface area contributed by atoms with E-state index in [1.807, 2.05) is 61.7 Å². The number of nitrogens with zero attached hydrogens (tertiary/aromatic N) is 1. The van der Waals surface area contributed by atoms with Crippen LogP contribution in [0.25, 0.3) is 33.2 Å². The van der Waals surface area contributed by atoms with Crippen molar-refractivity contribution in [1.29, 1.82) is 0 Å². The highest BCUT2D eigenvalue weighted by Crippen LogP contribution is 2.37. The summed E-state index contributed by atoms with van der Waals surface area (Å²) in [6.45, 7) is 1.94. The van der Waals surface area contributed by atoms with Crippen LogP contribution in [0.15, 0.2) is 120 Å². The van der Waals surface area contributed by atoms with Gasteiger partial charge >= 0.3 is 0 Å². The van der Waals surface area contributed by atoms with Crippen LogP contribution in [0, 0.1) is 0 Å². The van der Waals surface area contributed by atoms with Gasteiger partial charge in [-0.3, -0.25) is 4.98 Å². The molecular formula is C32H25NO. The molecule has 6 aromatic rings. The van der Waals surface area contributed by atoms with Gasteiger partial charge in [0.1, 0.15) is 11.2 Å². The van der Waals surface area contributed by atoms with Crippen LogP contribution >= 0.6 is 0 Å². The Hall–Kier alpha value is -4.17. The predicted octanol–water partition coefficient (Wildman–Crippen LogP) is 8.39. The maximum Gasteiger partial charge on any atom is 0.144 e. The molecule has 2 heteroatoms. The fraction of sp³-hybridized carbons (Fsp3) is 0.0938. The Bertz CT molecular complexity index is 1630. The van der Waals surface area contributed by atoms with E-state index in [0.717, 1.165) is 50.7 Å². The topological polar surface area (TPSA) is 26.0 Å². The predicted molar refractivity (Wildman–Crippen MR) is 140 cm³/mol. The molecule has 6 rings (SSSR count). The average Bonchev–Trinajstić information content (AvgIpc) is 3.28. The first-order chi connectivity index (χ1) is 17.1. The number of fused-ring (bicyclic) bond motifs is 3. The molecule has 0 bridgehead atoms. The SMILES string of the molecule is [2H]C(C)(c1ccccc1)c1ccc2oc3c(-c4cc(Cc5ccccc5)ccn4)cccc3c2c1. The summed E-state index contributed by atoms with van der Waals surface area (Å²) in [7, 11) is 0. The molecule has 0 amide bonds. The molecule has 2 aromatic heterocycles. The Labute approximate surface area is 200 Å². The Morgan fingerprint density at radius 3 is 2.35 bits per heavy atom. The number of pyridine rings is 1. The van der Waals surface area contributed by atoms with Crippen LogP contribution in [0.3, 0.4) is 0 Å². The monoisotopic (exact) mass is 440 g/mol. The van der Waals surface area contributed by atoms with Crippen molar-refractivity contribution >= 4 is 21.9 Å². The van der Waals surface area contributed by atoms with Crippen molar-refractivity contribution in [3.05, 3.63) is 138 Å². The second-order valence-corrected chi connectivity index (χ2v) is 8.70. The zero-order chi connectivity index (χ0) is 23.8. The third-order valence-electron chi connectivity index (χ3n) is 6.49. The van der Waals surface area contributed by atoms with E-state index in [1.54, 1.807) is 0 Å². The van der Waals surface area contributed by atoms with E-state index in [4.69, 9.17) is 5.79 Å². The first-order valence-corrected chi connectivity index (χ1v) is 11.6. The number of furan rings is 1. The fourth-order valence-corrected chi connectivity index (χ4v) is 4.65. The minimum atomic E-state index is -0.857. The highest BCUT2D eigenvalue weighted by Gasteiger charge is 2.16. The Kier molecular flexibility index (Phi) is 4.91. The number of aromatic nitrogens is 1. The largest absolute Gasteiger partial charge is 0.455 e. The van der Waals surface area contributed by atoms with Gasteiger partial charge in [-0.05, 0) is 59.0 Å². The third-order valence-corrected chi connectivity index (χ3v) is 6.49. The van der Waals surface area contributed by atoms with Gasteiger partial charge in [-0.2, -0.15) is 0 Å². The van der Waals surface area contributed by atoms with Crippen molar-refractivity contribution in [3.63, 3.8) is 0 Å². The molecule has 164 valence electrons. The molecular weight excluding hydrogens is 414 g/mol. The van der Waals surface area contributed by atoms with Gasteiger partial charge < -0.3 is 4.42 Å². The van der Waals surface area contributed by atoms with E-state index in [-0.39, 0.29) is 0 Å². The summed E-state index contributed by atoms with van der Waals surface area (Å²) < 4.78 is 15.5. The smallest absolute Gasteiger partial charge is 0.144 e. The van der Waals surface area contributed by atoms with Gasteiger partial charge in [-0.25, -0.2) is 0 Å². The van der Waals surface area contributed by atoms with Gasteiger partial charge in [0, 0.05) is 29.8 Å². The van der Waals surface area contributed by atoms with Crippen LogP contribution in [0.5, 0.6) is 0 Å². The normalized spacial score (nSPS) is 13.6. The first-order valence-electron chi connectivity index (χ1n) is 12.1. The van der Waals surface area contributed by atoms with Crippen molar-refractivity contribution in [2.45, 2.75) is 19.2 Å². The second kappa shape index (κ2) is 8.64. The number of hydrogen-bond acceptors (Lipinski definition) is 2. The highest BCUT2D eigenvalue weighted by molar-refractivity contribution is 6.09. The summed E-state index contributed by atoms with van der Waals surface area (Å²) >= 11 is 0. The second-order valence-electron chi connectivity index (χ2n) is 8.70. The zero-order valence-corrected chi connectivity index (χ0v) is 19.0. The van der Waals surface area contributed by atoms with Gasteiger partial charge in [0.2, 0.25) is 0 Å². The van der Waals surface area contributed by atoms with Gasteiger partial charge in [0.05, 0.1) is 5.69 Å². The highest BCUT2D eigenvalue weighted by atomic mass is 16.3. The van der Waals surface area contributed by atoms with Crippen LogP contribution in [0.1, 0.15) is 36.4 Å². The minimum Gasteiger partial charge on any atom is -0.455 e. The molecule has 34 heavy (non-hydrogen) atoms. The van der Waals surface area contributed by atoms with Gasteiger partial charge in [-0.15, -0.1) is 0 Å². The van der Waals surface area contributed by atoms with Crippen molar-refractivity contribution < 1.29 is 5.79 Å². The van der Waals surface area contributed by atoms with E-state index >= 15 is 0 Å². The summed E-state index contributed by atoms with van der Waals surface area (Å²) in [6.07, 6.45) is 2.73.